The Morgan fingerprint density at radius 1 is 1.05 bits per heavy atom. The molecule has 0 aliphatic heterocycles. The molecular formula is C21H34O. The highest BCUT2D eigenvalue weighted by molar-refractivity contribution is 5.31. The molecule has 1 fully saturated rings. The molecule has 0 bridgehead atoms. The SMILES string of the molecule is CCC(C)C1CCC(OC(C)(C)c2cc(C)cc(C)c2)CC1. The van der Waals surface area contributed by atoms with E-state index in [-0.39, 0.29) is 5.60 Å². The molecule has 124 valence electrons. The Labute approximate surface area is 137 Å². The first-order chi connectivity index (χ1) is 10.3. The second kappa shape index (κ2) is 7.17. The average Bonchev–Trinajstić information content (AvgIpc) is 2.46. The van der Waals surface area contributed by atoms with Crippen molar-refractivity contribution < 1.29 is 4.74 Å². The minimum atomic E-state index is -0.190. The Morgan fingerprint density at radius 3 is 2.09 bits per heavy atom. The molecule has 1 unspecified atom stereocenters. The summed E-state index contributed by atoms with van der Waals surface area (Å²) in [5, 5.41) is 0. The van der Waals surface area contributed by atoms with Crippen LogP contribution in [-0.4, -0.2) is 6.10 Å². The zero-order valence-corrected chi connectivity index (χ0v) is 15.4. The molecule has 1 aliphatic rings. The van der Waals surface area contributed by atoms with Crippen LogP contribution in [0.3, 0.4) is 0 Å². The Kier molecular flexibility index (Phi) is 5.71. The van der Waals surface area contributed by atoms with Crippen LogP contribution in [0.25, 0.3) is 0 Å². The topological polar surface area (TPSA) is 9.23 Å². The molecular weight excluding hydrogens is 268 g/mol. The van der Waals surface area contributed by atoms with Gasteiger partial charge in [0.25, 0.3) is 0 Å². The number of hydrogen-bond acceptors (Lipinski definition) is 1. The van der Waals surface area contributed by atoms with Gasteiger partial charge in [0, 0.05) is 0 Å². The molecule has 1 aromatic carbocycles. The van der Waals surface area contributed by atoms with Crippen LogP contribution in [0.4, 0.5) is 0 Å². The Morgan fingerprint density at radius 2 is 1.59 bits per heavy atom. The van der Waals surface area contributed by atoms with E-state index in [0.717, 1.165) is 11.8 Å². The van der Waals surface area contributed by atoms with E-state index in [9.17, 15) is 0 Å². The predicted molar refractivity (Wildman–Crippen MR) is 95.2 cm³/mol. The lowest BCUT2D eigenvalue weighted by Crippen LogP contribution is -2.32. The maximum atomic E-state index is 6.54. The first-order valence-electron chi connectivity index (χ1n) is 9.08. The standard InChI is InChI=1S/C21H34O/c1-7-17(4)18-8-10-20(11-9-18)22-21(5,6)19-13-15(2)12-16(3)14-19/h12-14,17-18,20H,7-11H2,1-6H3. The van der Waals surface area contributed by atoms with Gasteiger partial charge < -0.3 is 4.74 Å². The minimum Gasteiger partial charge on any atom is -0.368 e. The third kappa shape index (κ3) is 4.35. The summed E-state index contributed by atoms with van der Waals surface area (Å²) in [6, 6.07) is 6.78. The summed E-state index contributed by atoms with van der Waals surface area (Å²) in [5.41, 5.74) is 3.78. The third-order valence-electron chi connectivity index (χ3n) is 5.55. The molecule has 0 N–H and O–H groups in total. The molecule has 0 heterocycles. The van der Waals surface area contributed by atoms with Gasteiger partial charge in [-0.3, -0.25) is 0 Å². The van der Waals surface area contributed by atoms with Crippen LogP contribution >= 0.6 is 0 Å². The normalized spacial score (nSPS) is 24.3. The van der Waals surface area contributed by atoms with Gasteiger partial charge in [0.1, 0.15) is 0 Å². The van der Waals surface area contributed by atoms with Gasteiger partial charge in [0.15, 0.2) is 0 Å². The van der Waals surface area contributed by atoms with Crippen LogP contribution in [0, 0.1) is 25.7 Å². The molecule has 1 heteroatoms. The van der Waals surface area contributed by atoms with E-state index in [1.807, 2.05) is 0 Å². The number of aryl methyl sites for hydroxylation is 2. The van der Waals surface area contributed by atoms with Crippen LogP contribution in [0.5, 0.6) is 0 Å². The van der Waals surface area contributed by atoms with E-state index in [4.69, 9.17) is 4.74 Å². The minimum absolute atomic E-state index is 0.190. The smallest absolute Gasteiger partial charge is 0.0879 e. The average molecular weight is 303 g/mol. The van der Waals surface area contributed by atoms with Crippen LogP contribution in [0.2, 0.25) is 0 Å². The van der Waals surface area contributed by atoms with E-state index in [2.05, 4.69) is 59.7 Å². The Hall–Kier alpha value is -0.820. The molecule has 1 aliphatic carbocycles. The summed E-state index contributed by atoms with van der Waals surface area (Å²) < 4.78 is 6.54. The summed E-state index contributed by atoms with van der Waals surface area (Å²) in [7, 11) is 0. The van der Waals surface area contributed by atoms with Gasteiger partial charge in [0.2, 0.25) is 0 Å². The molecule has 0 aromatic heterocycles. The van der Waals surface area contributed by atoms with Crippen molar-refractivity contribution >= 4 is 0 Å². The Bertz CT molecular complexity index is 460. The van der Waals surface area contributed by atoms with E-state index in [0.29, 0.717) is 6.10 Å². The Balaban J connectivity index is 1.98. The highest BCUT2D eigenvalue weighted by atomic mass is 16.5. The second-order valence-corrected chi connectivity index (χ2v) is 7.93. The van der Waals surface area contributed by atoms with Gasteiger partial charge in [-0.05, 0) is 70.8 Å². The van der Waals surface area contributed by atoms with Gasteiger partial charge in [-0.25, -0.2) is 0 Å². The maximum absolute atomic E-state index is 6.54. The first-order valence-corrected chi connectivity index (χ1v) is 9.08. The fourth-order valence-corrected chi connectivity index (χ4v) is 3.92. The van der Waals surface area contributed by atoms with Crippen molar-refractivity contribution in [2.45, 2.75) is 85.4 Å². The van der Waals surface area contributed by atoms with Crippen LogP contribution in [0.15, 0.2) is 18.2 Å². The first kappa shape index (κ1) is 17.5. The third-order valence-corrected chi connectivity index (χ3v) is 5.55. The molecule has 1 nitrogen and oxygen atoms in total. The van der Waals surface area contributed by atoms with Crippen molar-refractivity contribution in [1.29, 1.82) is 0 Å². The number of benzene rings is 1. The summed E-state index contributed by atoms with van der Waals surface area (Å²) in [6.07, 6.45) is 6.86. The van der Waals surface area contributed by atoms with Gasteiger partial charge >= 0.3 is 0 Å². The molecule has 0 saturated heterocycles. The fraction of sp³-hybridized carbons (Fsp3) is 0.714. The predicted octanol–water partition coefficient (Wildman–Crippen LogP) is 6.16. The lowest BCUT2D eigenvalue weighted by Gasteiger charge is -2.37. The molecule has 1 saturated carbocycles. The van der Waals surface area contributed by atoms with Gasteiger partial charge in [-0.15, -0.1) is 0 Å². The molecule has 0 amide bonds. The zero-order chi connectivity index (χ0) is 16.3. The lowest BCUT2D eigenvalue weighted by molar-refractivity contribution is -0.0955. The van der Waals surface area contributed by atoms with Crippen LogP contribution in [-0.2, 0) is 10.3 Å². The summed E-state index contributed by atoms with van der Waals surface area (Å²) in [4.78, 5) is 0. The van der Waals surface area contributed by atoms with Gasteiger partial charge in [-0.2, -0.15) is 0 Å². The van der Waals surface area contributed by atoms with Crippen molar-refractivity contribution in [2.75, 3.05) is 0 Å². The van der Waals surface area contributed by atoms with E-state index >= 15 is 0 Å². The van der Waals surface area contributed by atoms with Crippen molar-refractivity contribution in [3.05, 3.63) is 34.9 Å². The molecule has 0 spiro atoms. The van der Waals surface area contributed by atoms with Crippen LogP contribution < -0.4 is 0 Å². The highest BCUT2D eigenvalue weighted by Crippen LogP contribution is 2.36. The van der Waals surface area contributed by atoms with Gasteiger partial charge in [0.05, 0.1) is 11.7 Å². The molecule has 1 aromatic rings. The molecule has 2 rings (SSSR count). The van der Waals surface area contributed by atoms with Crippen molar-refractivity contribution in [3.8, 4) is 0 Å². The van der Waals surface area contributed by atoms with Crippen LogP contribution in [0.1, 0.15) is 76.5 Å². The molecule has 0 radical (unpaired) electrons. The van der Waals surface area contributed by atoms with Crippen molar-refractivity contribution in [3.63, 3.8) is 0 Å². The largest absolute Gasteiger partial charge is 0.368 e. The number of rotatable bonds is 5. The fourth-order valence-electron chi connectivity index (χ4n) is 3.92. The monoisotopic (exact) mass is 302 g/mol. The zero-order valence-electron chi connectivity index (χ0n) is 15.4. The highest BCUT2D eigenvalue weighted by Gasteiger charge is 2.30. The summed E-state index contributed by atoms with van der Waals surface area (Å²) >= 11 is 0. The summed E-state index contributed by atoms with van der Waals surface area (Å²) in [6.45, 7) is 13.5. The van der Waals surface area contributed by atoms with Gasteiger partial charge in [-0.1, -0.05) is 49.6 Å². The van der Waals surface area contributed by atoms with E-state index in [1.165, 1.54) is 48.8 Å². The molecule has 1 atom stereocenters. The quantitative estimate of drug-likeness (QED) is 0.633. The van der Waals surface area contributed by atoms with E-state index in [1.54, 1.807) is 0 Å². The van der Waals surface area contributed by atoms with E-state index < -0.39 is 0 Å². The second-order valence-electron chi connectivity index (χ2n) is 7.93. The lowest BCUT2D eigenvalue weighted by atomic mass is 9.78. The van der Waals surface area contributed by atoms with Crippen molar-refractivity contribution in [1.82, 2.24) is 0 Å². The molecule has 22 heavy (non-hydrogen) atoms. The maximum Gasteiger partial charge on any atom is 0.0879 e. The van der Waals surface area contributed by atoms with Crippen molar-refractivity contribution in [2.24, 2.45) is 11.8 Å². The summed E-state index contributed by atoms with van der Waals surface area (Å²) in [5.74, 6) is 1.78. The number of ether oxygens (including phenoxy) is 1. The number of hydrogen-bond donors (Lipinski definition) is 0.